The molecule has 0 spiro atoms. The molecule has 0 bridgehead atoms. The maximum Gasteiger partial charge on any atom is 0.161 e. The van der Waals surface area contributed by atoms with Gasteiger partial charge in [-0.1, -0.05) is 370 Å². The van der Waals surface area contributed by atoms with Gasteiger partial charge in [-0.15, -0.1) is 22.7 Å². The Kier molecular flexibility index (Phi) is 18.6. The summed E-state index contributed by atoms with van der Waals surface area (Å²) in [6.45, 7) is 0. The number of benzene rings is 21. The van der Waals surface area contributed by atoms with Gasteiger partial charge >= 0.3 is 0 Å². The summed E-state index contributed by atoms with van der Waals surface area (Å²) in [7, 11) is 0. The smallest absolute Gasteiger partial charge is 0.161 e. The monoisotopic (exact) mass is 1810 g/mol. The first-order valence-corrected chi connectivity index (χ1v) is 48.8. The van der Waals surface area contributed by atoms with E-state index in [4.69, 9.17) is 17.7 Å². The second-order valence-electron chi connectivity index (χ2n) is 35.8. The first-order chi connectivity index (χ1) is 69.0. The lowest BCUT2D eigenvalue weighted by molar-refractivity contribution is 0.670. The summed E-state index contributed by atoms with van der Waals surface area (Å²) in [5.74, 6) is 0. The lowest BCUT2D eigenvalue weighted by Gasteiger charge is -2.12. The normalized spacial score (nSPS) is 11.9. The molecule has 30 aromatic rings. The van der Waals surface area contributed by atoms with Crippen LogP contribution in [-0.4, -0.2) is 13.7 Å². The molecule has 0 aliphatic heterocycles. The van der Waals surface area contributed by atoms with Crippen molar-refractivity contribution in [2.24, 2.45) is 0 Å². The molecule has 650 valence electrons. The molecule has 0 unspecified atom stereocenters. The highest BCUT2D eigenvalue weighted by Gasteiger charge is 2.29. The maximum absolute atomic E-state index is 6.90. The Labute approximate surface area is 805 Å². The first-order valence-electron chi connectivity index (χ1n) is 47.2. The molecule has 21 aromatic carbocycles. The molecule has 30 rings (SSSR count). The summed E-state index contributed by atoms with van der Waals surface area (Å²) in [5.41, 5.74) is 36.4. The second kappa shape index (κ2) is 32.5. The number of nitrogens with zero attached hydrogens (tertiary/aromatic N) is 3. The molecule has 0 fully saturated rings. The fourth-order valence-corrected chi connectivity index (χ4v) is 24.5. The zero-order chi connectivity index (χ0) is 91.3. The van der Waals surface area contributed by atoms with Crippen molar-refractivity contribution in [2.75, 3.05) is 0 Å². The molecular formula is C130H79N3O4S2. The van der Waals surface area contributed by atoms with E-state index in [-0.39, 0.29) is 0 Å². The highest BCUT2D eigenvalue weighted by Crippen LogP contribution is 2.53. The predicted octanol–water partition coefficient (Wildman–Crippen LogP) is 37.7. The van der Waals surface area contributed by atoms with Crippen molar-refractivity contribution in [3.63, 3.8) is 0 Å². The molecule has 9 heteroatoms. The standard InChI is InChI=1S/C44H27NO2.C44H27NOS.C42H25NOS/c1-3-14-28(15-4-1)30-21-11-24-35-36-25-12-22-33(42(36)46-41(30)35)31-18-7-8-19-32(31)34-23-13-26-38-40-44(47-43(34)38)37-20-9-10-27-39(37)45(40)29-16-5-2-6-17-29;1-3-13-28(14-4-1)34-22-10-23-36-40-32(20-11-25-38(40)46-43(34)36)29-15-9-16-30(27-29)33-21-12-26-39-41(33)42-44(47-39)35-19-7-8-24-37(35)45(42)31-17-5-2-6-18-31;1-2-14-29(15-3-1)43-35-20-7-6-17-33(35)42-40(43)39-31(19-10-22-37(39)45-42)28-13-8-12-27(25-28)30-18-9-21-36-38(30)34-24-23-26-11-4-5-16-32(26)41(34)44-36/h2*1-27H;1-25H. The minimum absolute atomic E-state index is 0.878. The summed E-state index contributed by atoms with van der Waals surface area (Å²) < 4.78 is 39.3. The van der Waals surface area contributed by atoms with Crippen LogP contribution < -0.4 is 0 Å². The van der Waals surface area contributed by atoms with Gasteiger partial charge in [-0.3, -0.25) is 0 Å². The van der Waals surface area contributed by atoms with Crippen LogP contribution in [0.4, 0.5) is 0 Å². The lowest BCUT2D eigenvalue weighted by Crippen LogP contribution is -1.93. The first kappa shape index (κ1) is 79.7. The van der Waals surface area contributed by atoms with Gasteiger partial charge in [0.1, 0.15) is 44.6 Å². The highest BCUT2D eigenvalue weighted by molar-refractivity contribution is 7.27. The topological polar surface area (TPSA) is 67.3 Å². The van der Waals surface area contributed by atoms with E-state index in [0.717, 1.165) is 154 Å². The predicted molar refractivity (Wildman–Crippen MR) is 586 cm³/mol. The van der Waals surface area contributed by atoms with Crippen LogP contribution in [-0.2, 0) is 0 Å². The van der Waals surface area contributed by atoms with Crippen molar-refractivity contribution in [1.82, 2.24) is 13.7 Å². The number of fused-ring (bicyclic) bond motifs is 26. The Morgan fingerprint density at radius 3 is 0.971 bits per heavy atom. The molecule has 0 aliphatic carbocycles. The third-order valence-corrected chi connectivity index (χ3v) is 30.4. The van der Waals surface area contributed by atoms with Crippen LogP contribution in [0.3, 0.4) is 0 Å². The van der Waals surface area contributed by atoms with E-state index in [2.05, 4.69) is 487 Å². The van der Waals surface area contributed by atoms with Gasteiger partial charge in [0.25, 0.3) is 0 Å². The number of hydrogen-bond donors (Lipinski definition) is 0. The van der Waals surface area contributed by atoms with Crippen molar-refractivity contribution in [1.29, 1.82) is 0 Å². The van der Waals surface area contributed by atoms with Crippen LogP contribution >= 0.6 is 22.7 Å². The minimum atomic E-state index is 0.878. The number of aromatic nitrogens is 3. The Hall–Kier alpha value is -17.9. The Morgan fingerprint density at radius 2 is 0.475 bits per heavy atom. The summed E-state index contributed by atoms with van der Waals surface area (Å²) >= 11 is 3.77. The van der Waals surface area contributed by atoms with Gasteiger partial charge in [0.15, 0.2) is 5.58 Å². The molecule has 0 amide bonds. The average Bonchev–Trinajstić information content (AvgIpc) is 1.57. The fourth-order valence-electron chi connectivity index (χ4n) is 22.0. The van der Waals surface area contributed by atoms with Crippen LogP contribution in [0.5, 0.6) is 0 Å². The van der Waals surface area contributed by atoms with Gasteiger partial charge in [0, 0.05) is 119 Å². The van der Waals surface area contributed by atoms with Crippen LogP contribution in [0.15, 0.2) is 497 Å². The molecule has 0 N–H and O–H groups in total. The number of hydrogen-bond acceptors (Lipinski definition) is 6. The van der Waals surface area contributed by atoms with Gasteiger partial charge in [-0.05, 0) is 181 Å². The summed E-state index contributed by atoms with van der Waals surface area (Å²) in [5, 5.41) is 16.5. The quantitative estimate of drug-likeness (QED) is 0.129. The largest absolute Gasteiger partial charge is 0.455 e. The summed E-state index contributed by atoms with van der Waals surface area (Å²) in [4.78, 5) is 0. The van der Waals surface area contributed by atoms with Crippen molar-refractivity contribution in [2.45, 2.75) is 0 Å². The SMILES string of the molecule is c1ccc(-c2cccc3c2oc2c(-c4ccccc4-c4cccc5c4oc4c6ccccc6n(-c6ccccc6)c54)cccc23)cc1.c1ccc(-c2cccc3c2oc2cccc(-c4cccc(-c5cccc6sc7c8ccccc8n(-c8ccccc8)c7c56)c4)c23)cc1.c1ccc(-n2c3ccccc3c3sc4cccc(-c5cccc(-c6cccc7oc8c9ccccc9ccc8c67)c5)c4c32)cc1. The van der Waals surface area contributed by atoms with Gasteiger partial charge < -0.3 is 31.4 Å². The minimum Gasteiger partial charge on any atom is -0.455 e. The zero-order valence-electron chi connectivity index (χ0n) is 74.9. The summed E-state index contributed by atoms with van der Waals surface area (Å²) in [6.07, 6.45) is 0. The van der Waals surface area contributed by atoms with Crippen LogP contribution in [0, 0.1) is 0 Å². The third kappa shape index (κ3) is 12.8. The van der Waals surface area contributed by atoms with E-state index in [0.29, 0.717) is 0 Å². The number of para-hydroxylation sites is 10. The number of furan rings is 4. The molecule has 9 aromatic heterocycles. The van der Waals surface area contributed by atoms with Crippen molar-refractivity contribution in [3.05, 3.63) is 479 Å². The van der Waals surface area contributed by atoms with E-state index in [9.17, 15) is 0 Å². The Morgan fingerprint density at radius 1 is 0.165 bits per heavy atom. The molecule has 0 aliphatic rings. The van der Waals surface area contributed by atoms with Crippen molar-refractivity contribution < 1.29 is 17.7 Å². The van der Waals surface area contributed by atoms with E-state index < -0.39 is 0 Å². The molecule has 139 heavy (non-hydrogen) atoms. The molecule has 0 saturated carbocycles. The third-order valence-electron chi connectivity index (χ3n) is 28.0. The van der Waals surface area contributed by atoms with E-state index in [1.165, 1.54) is 124 Å². The van der Waals surface area contributed by atoms with E-state index >= 15 is 0 Å². The molecule has 0 saturated heterocycles. The Balaban J connectivity index is 0.000000103. The molecule has 0 radical (unpaired) electrons. The highest BCUT2D eigenvalue weighted by atomic mass is 32.1. The molecular weight excluding hydrogens is 1730 g/mol. The summed E-state index contributed by atoms with van der Waals surface area (Å²) in [6, 6.07) is 171. The van der Waals surface area contributed by atoms with Gasteiger partial charge in [-0.25, -0.2) is 0 Å². The van der Waals surface area contributed by atoms with Crippen molar-refractivity contribution >= 4 is 195 Å². The number of rotatable bonds is 11. The lowest BCUT2D eigenvalue weighted by atomic mass is 9.92. The molecule has 7 nitrogen and oxygen atoms in total. The molecule has 9 heterocycles. The van der Waals surface area contributed by atoms with Gasteiger partial charge in [0.2, 0.25) is 0 Å². The van der Waals surface area contributed by atoms with E-state index in [1.807, 2.05) is 28.7 Å². The van der Waals surface area contributed by atoms with E-state index in [1.54, 1.807) is 0 Å². The van der Waals surface area contributed by atoms with Crippen LogP contribution in [0.2, 0.25) is 0 Å². The van der Waals surface area contributed by atoms with Crippen LogP contribution in [0.25, 0.3) is 278 Å². The maximum atomic E-state index is 6.90. The van der Waals surface area contributed by atoms with Crippen LogP contribution in [0.1, 0.15) is 0 Å². The van der Waals surface area contributed by atoms with Gasteiger partial charge in [0.05, 0.1) is 37.0 Å². The second-order valence-corrected chi connectivity index (χ2v) is 37.9. The zero-order valence-corrected chi connectivity index (χ0v) is 76.5. The fraction of sp³-hybridized carbons (Fsp3) is 0. The van der Waals surface area contributed by atoms with Crippen molar-refractivity contribution in [3.8, 4) is 106 Å². The molecule has 0 atom stereocenters. The van der Waals surface area contributed by atoms with Gasteiger partial charge in [-0.2, -0.15) is 0 Å². The number of thiophene rings is 2. The average molecular weight is 1810 g/mol. The Bertz CT molecular complexity index is 10200.